The van der Waals surface area contributed by atoms with Crippen molar-refractivity contribution < 1.29 is 19.4 Å². The minimum absolute atomic E-state index is 0.275. The lowest BCUT2D eigenvalue weighted by molar-refractivity contribution is -0.181. The van der Waals surface area contributed by atoms with E-state index in [1.807, 2.05) is 6.08 Å². The number of hydrogen-bond donors (Lipinski definition) is 1. The number of carbonyl (C=O) groups excluding carboxylic acids is 2. The van der Waals surface area contributed by atoms with Crippen LogP contribution in [-0.4, -0.2) is 54.6 Å². The molecular formula is C28H41NO4. The van der Waals surface area contributed by atoms with Gasteiger partial charge in [0.15, 0.2) is 11.4 Å². The fraction of sp³-hybridized carbons (Fsp3) is 0.786. The third-order valence-electron chi connectivity index (χ3n) is 10.5. The van der Waals surface area contributed by atoms with Crippen LogP contribution in [0.15, 0.2) is 22.8 Å². The highest BCUT2D eigenvalue weighted by Crippen LogP contribution is 2.66. The number of ketones is 1. The molecule has 0 aromatic carbocycles. The van der Waals surface area contributed by atoms with Crippen LogP contribution in [-0.2, 0) is 14.3 Å². The molecule has 5 aliphatic carbocycles. The third-order valence-corrected chi connectivity index (χ3v) is 10.5. The van der Waals surface area contributed by atoms with Crippen molar-refractivity contribution in [1.82, 2.24) is 4.90 Å². The van der Waals surface area contributed by atoms with Crippen LogP contribution in [0.25, 0.3) is 0 Å². The van der Waals surface area contributed by atoms with Crippen molar-refractivity contribution in [3.8, 4) is 0 Å². The fourth-order valence-corrected chi connectivity index (χ4v) is 8.67. The number of nitrogens with zero attached hydrogens (tertiary/aromatic N) is 1. The predicted molar refractivity (Wildman–Crippen MR) is 127 cm³/mol. The number of aliphatic hydroxyl groups is 1. The molecule has 1 N–H and O–H groups in total. The summed E-state index contributed by atoms with van der Waals surface area (Å²) in [7, 11) is 5.78. The van der Waals surface area contributed by atoms with Gasteiger partial charge in [0.2, 0.25) is 0 Å². The van der Waals surface area contributed by atoms with Gasteiger partial charge < -0.3 is 14.7 Å². The van der Waals surface area contributed by atoms with Crippen molar-refractivity contribution in [2.45, 2.75) is 89.2 Å². The maximum Gasteiger partial charge on any atom is 0.338 e. The molecule has 5 aliphatic rings. The summed E-state index contributed by atoms with van der Waals surface area (Å²) in [6.07, 6.45) is 12.5. The number of ether oxygens (including phenoxy) is 1. The molecule has 0 aliphatic heterocycles. The number of carbonyl (C=O) groups is 2. The molecule has 0 aromatic rings. The number of rotatable bonds is 3. The maximum absolute atomic E-state index is 12.9. The van der Waals surface area contributed by atoms with Gasteiger partial charge in [-0.15, -0.1) is 0 Å². The van der Waals surface area contributed by atoms with Crippen LogP contribution >= 0.6 is 0 Å². The standard InChI is InChI=1S/C28H41NO4/c1-27-16-23(17-5-8-19(9-6-17)29(2)3)25-21-12-10-20(30)15-18(21)7-11-22(25)24(27)13-14-28(27,32)26(31)33-4/h15,17,19,22-24,32H,5-14,16H2,1-4H3/t17?,19?,22?,23?,24?,27-,28-/m0/s1. The summed E-state index contributed by atoms with van der Waals surface area (Å²) in [6, 6.07) is 0.647. The highest BCUT2D eigenvalue weighted by Gasteiger charge is 2.66. The van der Waals surface area contributed by atoms with Crippen molar-refractivity contribution in [1.29, 1.82) is 0 Å². The molecule has 3 unspecified atom stereocenters. The second kappa shape index (κ2) is 8.34. The van der Waals surface area contributed by atoms with Crippen LogP contribution in [0.3, 0.4) is 0 Å². The van der Waals surface area contributed by atoms with E-state index in [9.17, 15) is 14.7 Å². The SMILES string of the molecule is COC(=O)[C@@]1(O)CCC2C3CCC4=CC(=O)CCC4=C3C(C3CCC(N(C)C)CC3)C[C@@]21C. The van der Waals surface area contributed by atoms with E-state index < -0.39 is 17.0 Å². The van der Waals surface area contributed by atoms with Gasteiger partial charge in [-0.05, 0) is 119 Å². The lowest BCUT2D eigenvalue weighted by Gasteiger charge is -2.56. The number of methoxy groups -OCH3 is 1. The van der Waals surface area contributed by atoms with Gasteiger partial charge in [-0.1, -0.05) is 12.5 Å². The number of fused-ring (bicyclic) bond motifs is 4. The molecule has 0 spiro atoms. The van der Waals surface area contributed by atoms with Crippen molar-refractivity contribution in [2.24, 2.45) is 29.1 Å². The summed E-state index contributed by atoms with van der Waals surface area (Å²) < 4.78 is 5.15. The normalized spacial score (nSPS) is 43.0. The monoisotopic (exact) mass is 455 g/mol. The molecule has 0 amide bonds. The molecule has 0 bridgehead atoms. The summed E-state index contributed by atoms with van der Waals surface area (Å²) >= 11 is 0. The Labute approximate surface area is 198 Å². The van der Waals surface area contributed by atoms with Crippen molar-refractivity contribution in [2.75, 3.05) is 21.2 Å². The maximum atomic E-state index is 12.9. The minimum atomic E-state index is -1.39. The largest absolute Gasteiger partial charge is 0.467 e. The topological polar surface area (TPSA) is 66.8 Å². The first kappa shape index (κ1) is 23.3. The van der Waals surface area contributed by atoms with E-state index in [-0.39, 0.29) is 5.78 Å². The minimum Gasteiger partial charge on any atom is -0.467 e. The van der Waals surface area contributed by atoms with Crippen molar-refractivity contribution in [3.63, 3.8) is 0 Å². The quantitative estimate of drug-likeness (QED) is 0.637. The average Bonchev–Trinajstić information content (AvgIpc) is 3.09. The molecule has 5 nitrogen and oxygen atoms in total. The zero-order chi connectivity index (χ0) is 23.5. The third kappa shape index (κ3) is 3.48. The smallest absolute Gasteiger partial charge is 0.338 e. The van der Waals surface area contributed by atoms with E-state index in [1.54, 1.807) is 5.57 Å². The van der Waals surface area contributed by atoms with E-state index in [0.29, 0.717) is 42.6 Å². The van der Waals surface area contributed by atoms with Crippen molar-refractivity contribution >= 4 is 11.8 Å². The molecule has 5 rings (SSSR count). The van der Waals surface area contributed by atoms with Gasteiger partial charge in [-0.2, -0.15) is 0 Å². The van der Waals surface area contributed by atoms with Gasteiger partial charge in [-0.3, -0.25) is 4.79 Å². The van der Waals surface area contributed by atoms with E-state index >= 15 is 0 Å². The number of hydrogen-bond acceptors (Lipinski definition) is 5. The lowest BCUT2D eigenvalue weighted by atomic mass is 9.49. The van der Waals surface area contributed by atoms with Gasteiger partial charge in [0.25, 0.3) is 0 Å². The van der Waals surface area contributed by atoms with Crippen LogP contribution in [0.1, 0.15) is 77.6 Å². The summed E-state index contributed by atoms with van der Waals surface area (Å²) in [5.74, 6) is 1.52. The molecule has 5 atom stereocenters. The molecule has 0 radical (unpaired) electrons. The molecule has 3 saturated carbocycles. The zero-order valence-electron chi connectivity index (χ0n) is 20.9. The Hall–Kier alpha value is -1.46. The van der Waals surface area contributed by atoms with E-state index in [0.717, 1.165) is 32.1 Å². The van der Waals surface area contributed by atoms with Crippen molar-refractivity contribution in [3.05, 3.63) is 22.8 Å². The summed E-state index contributed by atoms with van der Waals surface area (Å²) in [5.41, 5.74) is 2.53. The van der Waals surface area contributed by atoms with Gasteiger partial charge in [0.1, 0.15) is 0 Å². The fourth-order valence-electron chi connectivity index (χ4n) is 8.67. The summed E-state index contributed by atoms with van der Waals surface area (Å²) in [6.45, 7) is 2.18. The Morgan fingerprint density at radius 1 is 1.06 bits per heavy atom. The second-order valence-corrected chi connectivity index (χ2v) is 12.0. The van der Waals surface area contributed by atoms with E-state index in [4.69, 9.17) is 4.74 Å². The molecule has 0 aromatic heterocycles. The molecule has 33 heavy (non-hydrogen) atoms. The average molecular weight is 456 g/mol. The highest BCUT2D eigenvalue weighted by molar-refractivity contribution is 5.93. The zero-order valence-corrected chi connectivity index (χ0v) is 20.9. The van der Waals surface area contributed by atoms with Gasteiger partial charge in [0.05, 0.1) is 7.11 Å². The first-order valence-corrected chi connectivity index (χ1v) is 13.1. The van der Waals surface area contributed by atoms with Gasteiger partial charge in [0, 0.05) is 17.9 Å². The molecule has 3 fully saturated rings. The lowest BCUT2D eigenvalue weighted by Crippen LogP contribution is -2.57. The summed E-state index contributed by atoms with van der Waals surface area (Å²) in [4.78, 5) is 27.4. The van der Waals surface area contributed by atoms with Gasteiger partial charge >= 0.3 is 5.97 Å². The Balaban J connectivity index is 1.57. The Morgan fingerprint density at radius 3 is 2.45 bits per heavy atom. The first-order chi connectivity index (χ1) is 15.7. The molecule has 0 heterocycles. The van der Waals surface area contributed by atoms with Crippen LogP contribution in [0.5, 0.6) is 0 Å². The highest BCUT2D eigenvalue weighted by atomic mass is 16.5. The van der Waals surface area contributed by atoms with Crippen LogP contribution in [0.2, 0.25) is 0 Å². The van der Waals surface area contributed by atoms with Crippen LogP contribution in [0, 0.1) is 29.1 Å². The van der Waals surface area contributed by atoms with E-state index in [1.165, 1.54) is 43.9 Å². The Morgan fingerprint density at radius 2 is 1.79 bits per heavy atom. The first-order valence-electron chi connectivity index (χ1n) is 13.1. The van der Waals surface area contributed by atoms with Crippen LogP contribution < -0.4 is 0 Å². The van der Waals surface area contributed by atoms with Crippen LogP contribution in [0.4, 0.5) is 0 Å². The molecule has 0 saturated heterocycles. The number of allylic oxidation sites excluding steroid dienone is 4. The Kier molecular flexibility index (Phi) is 5.88. The molecule has 5 heteroatoms. The molecule has 182 valence electrons. The Bertz CT molecular complexity index is 896. The number of esters is 1. The summed E-state index contributed by atoms with van der Waals surface area (Å²) in [5, 5.41) is 11.7. The van der Waals surface area contributed by atoms with E-state index in [2.05, 4.69) is 25.9 Å². The second-order valence-electron chi connectivity index (χ2n) is 12.0. The van der Waals surface area contributed by atoms with Gasteiger partial charge in [-0.25, -0.2) is 4.79 Å². The predicted octanol–water partition coefficient (Wildman–Crippen LogP) is 4.44. The molecular weight excluding hydrogens is 414 g/mol.